The van der Waals surface area contributed by atoms with Crippen LogP contribution in [0.25, 0.3) is 5.82 Å². The van der Waals surface area contributed by atoms with Crippen molar-refractivity contribution < 1.29 is 4.39 Å². The Morgan fingerprint density at radius 2 is 2.12 bits per heavy atom. The van der Waals surface area contributed by atoms with Gasteiger partial charge < -0.3 is 10.2 Å². The van der Waals surface area contributed by atoms with Crippen molar-refractivity contribution in [2.24, 2.45) is 0 Å². The van der Waals surface area contributed by atoms with Crippen LogP contribution in [0, 0.1) is 5.82 Å². The predicted octanol–water partition coefficient (Wildman–Crippen LogP) is 2.52. The number of nitrogens with one attached hydrogen (secondary N) is 1. The summed E-state index contributed by atoms with van der Waals surface area (Å²) in [5.74, 6) is 1.04. The fraction of sp³-hybridized carbons (Fsp3) is 0.235. The molecule has 0 radical (unpaired) electrons. The van der Waals surface area contributed by atoms with E-state index in [2.05, 4.69) is 20.4 Å². The highest BCUT2D eigenvalue weighted by Crippen LogP contribution is 2.19. The van der Waals surface area contributed by atoms with E-state index in [9.17, 15) is 4.39 Å². The molecule has 0 bridgehead atoms. The summed E-state index contributed by atoms with van der Waals surface area (Å²) in [5, 5.41) is 7.41. The van der Waals surface area contributed by atoms with Crippen molar-refractivity contribution in [1.82, 2.24) is 24.6 Å². The van der Waals surface area contributed by atoms with E-state index in [1.165, 1.54) is 6.07 Å². The first-order valence-electron chi connectivity index (χ1n) is 7.61. The average Bonchev–Trinajstić information content (AvgIpc) is 3.10. The SMILES string of the molecule is CN(C)[C@H](CNc1cncc(-n2cccn2)n1)c1cccc(F)c1. The summed E-state index contributed by atoms with van der Waals surface area (Å²) in [6.45, 7) is 0.577. The number of aromatic nitrogens is 4. The van der Waals surface area contributed by atoms with E-state index in [0.717, 1.165) is 5.56 Å². The molecule has 0 unspecified atom stereocenters. The van der Waals surface area contributed by atoms with Crippen molar-refractivity contribution in [3.05, 3.63) is 66.5 Å². The monoisotopic (exact) mass is 326 g/mol. The van der Waals surface area contributed by atoms with Gasteiger partial charge in [-0.05, 0) is 37.9 Å². The molecule has 0 spiro atoms. The Morgan fingerprint density at radius 1 is 1.25 bits per heavy atom. The fourth-order valence-corrected chi connectivity index (χ4v) is 2.47. The van der Waals surface area contributed by atoms with Gasteiger partial charge in [-0.1, -0.05) is 12.1 Å². The van der Waals surface area contributed by atoms with Crippen molar-refractivity contribution in [1.29, 1.82) is 0 Å². The van der Waals surface area contributed by atoms with Gasteiger partial charge >= 0.3 is 0 Å². The van der Waals surface area contributed by atoms with Gasteiger partial charge in [0, 0.05) is 18.9 Å². The maximum Gasteiger partial charge on any atom is 0.173 e. The summed E-state index contributed by atoms with van der Waals surface area (Å²) < 4.78 is 15.1. The first kappa shape index (κ1) is 16.1. The normalized spacial score (nSPS) is 12.3. The number of benzene rings is 1. The Labute approximate surface area is 140 Å². The number of likely N-dealkylation sites (N-methyl/N-ethyl adjacent to an activating group) is 1. The summed E-state index contributed by atoms with van der Waals surface area (Å²) in [7, 11) is 3.92. The lowest BCUT2D eigenvalue weighted by molar-refractivity contribution is 0.311. The van der Waals surface area contributed by atoms with Gasteiger partial charge in [-0.2, -0.15) is 5.10 Å². The minimum atomic E-state index is -0.236. The molecule has 0 saturated heterocycles. The second kappa shape index (κ2) is 7.18. The van der Waals surface area contributed by atoms with Crippen molar-refractivity contribution in [3.8, 4) is 5.82 Å². The van der Waals surface area contributed by atoms with E-state index < -0.39 is 0 Å². The summed E-state index contributed by atoms with van der Waals surface area (Å²) in [5.41, 5.74) is 0.906. The Morgan fingerprint density at radius 3 is 2.83 bits per heavy atom. The van der Waals surface area contributed by atoms with Crippen LogP contribution in [0.5, 0.6) is 0 Å². The number of anilines is 1. The van der Waals surface area contributed by atoms with Gasteiger partial charge in [0.25, 0.3) is 0 Å². The maximum absolute atomic E-state index is 13.5. The summed E-state index contributed by atoms with van der Waals surface area (Å²) in [4.78, 5) is 10.7. The molecule has 1 aromatic carbocycles. The lowest BCUT2D eigenvalue weighted by atomic mass is 10.1. The Kier molecular flexibility index (Phi) is 4.81. The molecule has 24 heavy (non-hydrogen) atoms. The standard InChI is InChI=1S/C17H19FN6/c1-23(2)15(13-5-3-6-14(18)9-13)10-20-16-11-19-12-17(22-16)24-8-4-7-21-24/h3-9,11-12,15H,10H2,1-2H3,(H,20,22)/t15-/m1/s1. The molecule has 7 heteroatoms. The first-order valence-corrected chi connectivity index (χ1v) is 7.61. The maximum atomic E-state index is 13.5. The van der Waals surface area contributed by atoms with E-state index in [1.54, 1.807) is 35.4 Å². The van der Waals surface area contributed by atoms with Crippen LogP contribution in [0.2, 0.25) is 0 Å². The summed E-state index contributed by atoms with van der Waals surface area (Å²) in [6.07, 6.45) is 6.80. The molecule has 6 nitrogen and oxygen atoms in total. The van der Waals surface area contributed by atoms with Crippen LogP contribution in [-0.2, 0) is 0 Å². The van der Waals surface area contributed by atoms with Crippen LogP contribution >= 0.6 is 0 Å². The summed E-state index contributed by atoms with van der Waals surface area (Å²) in [6, 6.07) is 8.48. The largest absolute Gasteiger partial charge is 0.367 e. The molecule has 0 aliphatic rings. The molecule has 1 N–H and O–H groups in total. The van der Waals surface area contributed by atoms with E-state index >= 15 is 0 Å². The number of nitrogens with zero attached hydrogens (tertiary/aromatic N) is 5. The quantitative estimate of drug-likeness (QED) is 0.754. The molecule has 1 atom stereocenters. The molecule has 0 saturated carbocycles. The van der Waals surface area contributed by atoms with Crippen molar-refractivity contribution in [3.63, 3.8) is 0 Å². The predicted molar refractivity (Wildman–Crippen MR) is 90.5 cm³/mol. The minimum absolute atomic E-state index is 0.0101. The van der Waals surface area contributed by atoms with Gasteiger partial charge in [-0.3, -0.25) is 4.98 Å². The molecule has 2 heterocycles. The van der Waals surface area contributed by atoms with Gasteiger partial charge in [0.1, 0.15) is 11.6 Å². The van der Waals surface area contributed by atoms with Crippen molar-refractivity contribution >= 4 is 5.82 Å². The van der Waals surface area contributed by atoms with Crippen LogP contribution in [0.1, 0.15) is 11.6 Å². The zero-order valence-corrected chi connectivity index (χ0v) is 13.6. The lowest BCUT2D eigenvalue weighted by Gasteiger charge is -2.25. The highest BCUT2D eigenvalue weighted by molar-refractivity contribution is 5.36. The molecular weight excluding hydrogens is 307 g/mol. The third kappa shape index (κ3) is 3.75. The highest BCUT2D eigenvalue weighted by Gasteiger charge is 2.15. The highest BCUT2D eigenvalue weighted by atomic mass is 19.1. The second-order valence-corrected chi connectivity index (χ2v) is 5.63. The van der Waals surface area contributed by atoms with Crippen molar-refractivity contribution in [2.75, 3.05) is 26.0 Å². The second-order valence-electron chi connectivity index (χ2n) is 5.63. The fourth-order valence-electron chi connectivity index (χ4n) is 2.47. The van der Waals surface area contributed by atoms with E-state index in [0.29, 0.717) is 18.2 Å². The third-order valence-corrected chi connectivity index (χ3v) is 3.69. The van der Waals surface area contributed by atoms with Crippen LogP contribution in [0.15, 0.2) is 55.1 Å². The van der Waals surface area contributed by atoms with Crippen LogP contribution < -0.4 is 5.32 Å². The smallest absolute Gasteiger partial charge is 0.173 e. The van der Waals surface area contributed by atoms with Gasteiger partial charge in [-0.15, -0.1) is 0 Å². The van der Waals surface area contributed by atoms with E-state index in [-0.39, 0.29) is 11.9 Å². The van der Waals surface area contributed by atoms with Crippen LogP contribution in [-0.4, -0.2) is 45.3 Å². The molecule has 0 aliphatic heterocycles. The van der Waals surface area contributed by atoms with Gasteiger partial charge in [-0.25, -0.2) is 14.1 Å². The third-order valence-electron chi connectivity index (χ3n) is 3.69. The van der Waals surface area contributed by atoms with E-state index in [4.69, 9.17) is 0 Å². The number of hydrogen-bond donors (Lipinski definition) is 1. The number of rotatable bonds is 6. The first-order chi connectivity index (χ1) is 11.6. The zero-order valence-electron chi connectivity index (χ0n) is 13.6. The molecule has 124 valence electrons. The molecule has 0 fully saturated rings. The number of hydrogen-bond acceptors (Lipinski definition) is 5. The van der Waals surface area contributed by atoms with Gasteiger partial charge in [0.15, 0.2) is 5.82 Å². The zero-order chi connectivity index (χ0) is 16.9. The molecule has 3 rings (SSSR count). The average molecular weight is 326 g/mol. The Hall–Kier alpha value is -2.80. The Bertz CT molecular complexity index is 787. The van der Waals surface area contributed by atoms with Crippen molar-refractivity contribution in [2.45, 2.75) is 6.04 Å². The molecule has 0 aliphatic carbocycles. The van der Waals surface area contributed by atoms with Gasteiger partial charge in [0.2, 0.25) is 0 Å². The lowest BCUT2D eigenvalue weighted by Crippen LogP contribution is -2.27. The van der Waals surface area contributed by atoms with Crippen LogP contribution in [0.4, 0.5) is 10.2 Å². The van der Waals surface area contributed by atoms with E-state index in [1.807, 2.05) is 37.3 Å². The minimum Gasteiger partial charge on any atom is -0.367 e. The topological polar surface area (TPSA) is 58.9 Å². The Balaban J connectivity index is 1.74. The molecular formula is C17H19FN6. The molecule has 3 aromatic rings. The molecule has 0 amide bonds. The van der Waals surface area contributed by atoms with Gasteiger partial charge in [0.05, 0.1) is 18.4 Å². The summed E-state index contributed by atoms with van der Waals surface area (Å²) >= 11 is 0. The molecule has 2 aromatic heterocycles. The number of halogens is 1. The van der Waals surface area contributed by atoms with Crippen LogP contribution in [0.3, 0.4) is 0 Å².